The maximum Gasteiger partial charge on any atom is 0.277 e. The summed E-state index contributed by atoms with van der Waals surface area (Å²) >= 11 is 0. The van der Waals surface area contributed by atoms with E-state index in [9.17, 15) is 13.2 Å². The minimum atomic E-state index is -3.66. The SMILES string of the molecule is CC1Cc2cc(-c3cc(C(=O)Nc4ccc(S(=O)(=O)N5CC(C)OC(C)C5)cc4)no3)ccc2O1. The highest BCUT2D eigenvalue weighted by Crippen LogP contribution is 2.33. The van der Waals surface area contributed by atoms with E-state index in [1.54, 1.807) is 18.2 Å². The minimum absolute atomic E-state index is 0.123. The molecule has 1 N–H and O–H groups in total. The van der Waals surface area contributed by atoms with E-state index in [-0.39, 0.29) is 28.9 Å². The number of benzene rings is 2. The largest absolute Gasteiger partial charge is 0.490 e. The molecule has 2 aliphatic heterocycles. The molecule has 1 saturated heterocycles. The summed E-state index contributed by atoms with van der Waals surface area (Å²) in [4.78, 5) is 12.9. The maximum absolute atomic E-state index is 13.0. The van der Waals surface area contributed by atoms with Crippen molar-refractivity contribution in [1.29, 1.82) is 0 Å². The van der Waals surface area contributed by atoms with E-state index in [1.165, 1.54) is 16.4 Å². The number of ether oxygens (including phenoxy) is 2. The van der Waals surface area contributed by atoms with Crippen molar-refractivity contribution in [2.24, 2.45) is 0 Å². The van der Waals surface area contributed by atoms with Crippen LogP contribution in [0.1, 0.15) is 36.8 Å². The van der Waals surface area contributed by atoms with E-state index >= 15 is 0 Å². The van der Waals surface area contributed by atoms with Crippen LogP contribution in [0.25, 0.3) is 11.3 Å². The van der Waals surface area contributed by atoms with Crippen LogP contribution in [0.4, 0.5) is 5.69 Å². The van der Waals surface area contributed by atoms with Crippen LogP contribution in [-0.4, -0.2) is 55.2 Å². The fourth-order valence-corrected chi connectivity index (χ4v) is 6.07. The van der Waals surface area contributed by atoms with E-state index in [0.717, 1.165) is 23.3 Å². The van der Waals surface area contributed by atoms with E-state index in [2.05, 4.69) is 10.5 Å². The Balaban J connectivity index is 1.26. The Morgan fingerprint density at radius 3 is 2.43 bits per heavy atom. The lowest BCUT2D eigenvalue weighted by atomic mass is 10.1. The predicted molar refractivity (Wildman–Crippen MR) is 129 cm³/mol. The molecule has 35 heavy (non-hydrogen) atoms. The average molecular weight is 498 g/mol. The van der Waals surface area contributed by atoms with Gasteiger partial charge in [0.05, 0.1) is 17.1 Å². The number of hydrogen-bond acceptors (Lipinski definition) is 7. The molecule has 0 spiro atoms. The van der Waals surface area contributed by atoms with E-state index in [1.807, 2.05) is 39.0 Å². The molecular weight excluding hydrogens is 470 g/mol. The highest BCUT2D eigenvalue weighted by atomic mass is 32.2. The fraction of sp³-hybridized carbons (Fsp3) is 0.360. The molecule has 5 rings (SSSR count). The molecule has 1 fully saturated rings. The number of aromatic nitrogens is 1. The highest BCUT2D eigenvalue weighted by Gasteiger charge is 2.32. The number of nitrogens with one attached hydrogen (secondary N) is 1. The van der Waals surface area contributed by atoms with Gasteiger partial charge >= 0.3 is 0 Å². The lowest BCUT2D eigenvalue weighted by Crippen LogP contribution is -2.48. The van der Waals surface area contributed by atoms with Gasteiger partial charge in [0, 0.05) is 36.8 Å². The highest BCUT2D eigenvalue weighted by molar-refractivity contribution is 7.89. The monoisotopic (exact) mass is 497 g/mol. The second-order valence-electron chi connectivity index (χ2n) is 9.09. The fourth-order valence-electron chi connectivity index (χ4n) is 4.47. The second-order valence-corrected chi connectivity index (χ2v) is 11.0. The van der Waals surface area contributed by atoms with Gasteiger partial charge in [-0.15, -0.1) is 0 Å². The Kier molecular flexibility index (Phi) is 6.12. The molecule has 0 saturated carbocycles. The van der Waals surface area contributed by atoms with Crippen LogP contribution in [0, 0.1) is 0 Å². The van der Waals surface area contributed by atoms with Gasteiger partial charge in [0.25, 0.3) is 5.91 Å². The predicted octanol–water partition coefficient (Wildman–Crippen LogP) is 3.72. The summed E-state index contributed by atoms with van der Waals surface area (Å²) in [7, 11) is -3.66. The molecular formula is C25H27N3O6S. The smallest absolute Gasteiger partial charge is 0.277 e. The van der Waals surface area contributed by atoms with Gasteiger partial charge in [-0.05, 0) is 68.8 Å². The first-order valence-electron chi connectivity index (χ1n) is 11.5. The third-order valence-electron chi connectivity index (χ3n) is 6.06. The van der Waals surface area contributed by atoms with Gasteiger partial charge in [-0.2, -0.15) is 4.31 Å². The van der Waals surface area contributed by atoms with Gasteiger partial charge in [0.1, 0.15) is 11.9 Å². The van der Waals surface area contributed by atoms with Crippen molar-refractivity contribution >= 4 is 21.6 Å². The van der Waals surface area contributed by atoms with E-state index in [4.69, 9.17) is 14.0 Å². The quantitative estimate of drug-likeness (QED) is 0.572. The third kappa shape index (κ3) is 4.82. The molecule has 9 nitrogen and oxygen atoms in total. The van der Waals surface area contributed by atoms with Gasteiger partial charge in [0.2, 0.25) is 10.0 Å². The Bertz CT molecular complexity index is 1340. The normalized spacial score (nSPS) is 22.4. The minimum Gasteiger partial charge on any atom is -0.490 e. The van der Waals surface area contributed by atoms with Crippen molar-refractivity contribution < 1.29 is 27.2 Å². The molecule has 10 heteroatoms. The van der Waals surface area contributed by atoms with Crippen LogP contribution < -0.4 is 10.1 Å². The number of morpholine rings is 1. The Hall–Kier alpha value is -3.21. The number of amides is 1. The van der Waals surface area contributed by atoms with Crippen LogP contribution in [0.5, 0.6) is 5.75 Å². The first-order chi connectivity index (χ1) is 16.7. The number of nitrogens with zero attached hydrogens (tertiary/aromatic N) is 2. The molecule has 3 atom stereocenters. The van der Waals surface area contributed by atoms with Crippen LogP contribution in [-0.2, 0) is 21.2 Å². The second kappa shape index (κ2) is 9.10. The molecule has 184 valence electrons. The van der Waals surface area contributed by atoms with Gasteiger partial charge < -0.3 is 19.3 Å². The summed E-state index contributed by atoms with van der Waals surface area (Å²) in [6.07, 6.45) is 0.611. The van der Waals surface area contributed by atoms with Crippen molar-refractivity contribution in [3.63, 3.8) is 0 Å². The van der Waals surface area contributed by atoms with Crippen LogP contribution in [0.2, 0.25) is 0 Å². The molecule has 2 aliphatic rings. The Morgan fingerprint density at radius 2 is 1.71 bits per heavy atom. The van der Waals surface area contributed by atoms with Crippen LogP contribution in [0.15, 0.2) is 57.9 Å². The standard InChI is InChI=1S/C25H27N3O6S/c1-15-10-19-11-18(4-9-23(19)33-15)24-12-22(27-34-24)25(29)26-20-5-7-21(8-6-20)35(30,31)28-13-16(2)32-17(3)14-28/h4-9,11-12,15-17H,10,13-14H2,1-3H3,(H,26,29). The Morgan fingerprint density at radius 1 is 1.00 bits per heavy atom. The zero-order valence-corrected chi connectivity index (χ0v) is 20.5. The van der Waals surface area contributed by atoms with Crippen molar-refractivity contribution in [1.82, 2.24) is 9.46 Å². The molecule has 1 aromatic heterocycles. The first-order valence-corrected chi connectivity index (χ1v) is 13.0. The zero-order chi connectivity index (χ0) is 24.7. The maximum atomic E-state index is 13.0. The molecule has 3 aromatic rings. The van der Waals surface area contributed by atoms with Crippen molar-refractivity contribution in [2.75, 3.05) is 18.4 Å². The molecule has 0 radical (unpaired) electrons. The molecule has 2 aromatic carbocycles. The summed E-state index contributed by atoms with van der Waals surface area (Å²) < 4.78 is 44.2. The molecule has 0 bridgehead atoms. The molecule has 1 amide bonds. The summed E-state index contributed by atoms with van der Waals surface area (Å²) in [6.45, 7) is 6.32. The van der Waals surface area contributed by atoms with Crippen molar-refractivity contribution in [3.8, 4) is 17.1 Å². The van der Waals surface area contributed by atoms with Gasteiger partial charge in [0.15, 0.2) is 11.5 Å². The van der Waals surface area contributed by atoms with Crippen molar-refractivity contribution in [3.05, 3.63) is 59.8 Å². The summed E-state index contributed by atoms with van der Waals surface area (Å²) in [6, 6.07) is 13.4. The number of fused-ring (bicyclic) bond motifs is 1. The number of sulfonamides is 1. The van der Waals surface area contributed by atoms with Gasteiger partial charge in [-0.1, -0.05) is 5.16 Å². The van der Waals surface area contributed by atoms with E-state index < -0.39 is 15.9 Å². The topological polar surface area (TPSA) is 111 Å². The molecule has 3 heterocycles. The average Bonchev–Trinajstić information content (AvgIpc) is 3.44. The zero-order valence-electron chi connectivity index (χ0n) is 19.7. The lowest BCUT2D eigenvalue weighted by Gasteiger charge is -2.34. The number of anilines is 1. The lowest BCUT2D eigenvalue weighted by molar-refractivity contribution is -0.0440. The number of carbonyl (C=O) groups is 1. The number of carbonyl (C=O) groups excluding carboxylic acids is 1. The summed E-state index contributed by atoms with van der Waals surface area (Å²) in [5.41, 5.74) is 2.48. The van der Waals surface area contributed by atoms with Crippen LogP contribution in [0.3, 0.4) is 0 Å². The number of hydrogen-bond donors (Lipinski definition) is 1. The summed E-state index contributed by atoms with van der Waals surface area (Å²) in [5, 5.41) is 6.63. The van der Waals surface area contributed by atoms with Gasteiger partial charge in [-0.25, -0.2) is 8.42 Å². The molecule has 3 unspecified atom stereocenters. The van der Waals surface area contributed by atoms with Gasteiger partial charge in [-0.3, -0.25) is 4.79 Å². The molecule has 0 aliphatic carbocycles. The van der Waals surface area contributed by atoms with Crippen LogP contribution >= 0.6 is 0 Å². The number of rotatable bonds is 5. The first kappa shape index (κ1) is 23.5. The van der Waals surface area contributed by atoms with E-state index in [0.29, 0.717) is 24.5 Å². The Labute approximate surface area is 204 Å². The third-order valence-corrected chi connectivity index (χ3v) is 7.91. The summed E-state index contributed by atoms with van der Waals surface area (Å²) in [5.74, 6) is 0.888. The van der Waals surface area contributed by atoms with Crippen molar-refractivity contribution in [2.45, 2.75) is 50.4 Å².